The lowest BCUT2D eigenvalue weighted by molar-refractivity contribution is 0.397. The normalized spacial score (nSPS) is 18.5. The van der Waals surface area contributed by atoms with Crippen LogP contribution in [0.15, 0.2) is 35.9 Å². The van der Waals surface area contributed by atoms with Crippen LogP contribution in [0.3, 0.4) is 0 Å². The maximum absolute atomic E-state index is 5.73. The Morgan fingerprint density at radius 2 is 1.73 bits per heavy atom. The molecule has 0 radical (unpaired) electrons. The molecular formula is C20H30OSi. The van der Waals surface area contributed by atoms with Crippen LogP contribution in [0.2, 0.25) is 25.2 Å². The number of hydrogen-bond donors (Lipinski definition) is 0. The number of hydrogen-bond acceptors (Lipinski definition) is 1. The predicted octanol–water partition coefficient (Wildman–Crippen LogP) is 5.79. The Kier molecular flexibility index (Phi) is 4.45. The Morgan fingerprint density at radius 1 is 1.09 bits per heavy atom. The molecule has 22 heavy (non-hydrogen) atoms. The van der Waals surface area contributed by atoms with Crippen LogP contribution < -0.4 is 4.74 Å². The molecule has 0 aromatic heterocycles. The molecule has 0 saturated carbocycles. The van der Waals surface area contributed by atoms with Crippen molar-refractivity contribution in [3.8, 4) is 5.75 Å². The van der Waals surface area contributed by atoms with E-state index in [1.54, 1.807) is 7.11 Å². The lowest BCUT2D eigenvalue weighted by Crippen LogP contribution is -2.25. The first-order chi connectivity index (χ1) is 10.1. The van der Waals surface area contributed by atoms with Gasteiger partial charge in [0, 0.05) is 11.0 Å². The van der Waals surface area contributed by atoms with Gasteiger partial charge in [-0.2, -0.15) is 0 Å². The predicted molar refractivity (Wildman–Crippen MR) is 99.8 cm³/mol. The highest BCUT2D eigenvalue weighted by Gasteiger charge is 2.33. The third-order valence-corrected chi connectivity index (χ3v) is 7.22. The summed E-state index contributed by atoms with van der Waals surface area (Å²) >= 11 is 0. The van der Waals surface area contributed by atoms with E-state index in [0.29, 0.717) is 5.54 Å². The average Bonchev–Trinajstić information content (AvgIpc) is 2.87. The van der Waals surface area contributed by atoms with Crippen LogP contribution in [0.5, 0.6) is 5.75 Å². The summed E-state index contributed by atoms with van der Waals surface area (Å²) in [6.07, 6.45) is 7.22. The first-order valence-electron chi connectivity index (χ1n) is 8.13. The van der Waals surface area contributed by atoms with Gasteiger partial charge in [0.2, 0.25) is 0 Å². The first-order valence-corrected chi connectivity index (χ1v) is 11.7. The molecule has 0 N–H and O–H groups in total. The molecule has 120 valence electrons. The highest BCUT2D eigenvalue weighted by atomic mass is 28.3. The zero-order valence-corrected chi connectivity index (χ0v) is 16.4. The van der Waals surface area contributed by atoms with E-state index in [0.717, 1.165) is 5.75 Å². The summed E-state index contributed by atoms with van der Waals surface area (Å²) in [6.45, 7) is 16.2. The van der Waals surface area contributed by atoms with Gasteiger partial charge in [-0.25, -0.2) is 0 Å². The zero-order chi connectivity index (χ0) is 16.7. The van der Waals surface area contributed by atoms with E-state index in [1.807, 2.05) is 0 Å². The molecule has 1 nitrogen and oxygen atoms in total. The minimum atomic E-state index is -1.18. The van der Waals surface area contributed by atoms with Gasteiger partial charge < -0.3 is 4.74 Å². The van der Waals surface area contributed by atoms with Gasteiger partial charge in [-0.15, -0.1) is 0 Å². The molecule has 1 aromatic carbocycles. The van der Waals surface area contributed by atoms with Crippen molar-refractivity contribution in [2.45, 2.75) is 58.3 Å². The molecule has 0 amide bonds. The Balaban J connectivity index is 2.51. The maximum atomic E-state index is 5.73. The minimum absolute atomic E-state index is 0.0347. The second-order valence-corrected chi connectivity index (χ2v) is 13.6. The van der Waals surface area contributed by atoms with Gasteiger partial charge in [-0.1, -0.05) is 69.4 Å². The van der Waals surface area contributed by atoms with Crippen molar-refractivity contribution in [2.75, 3.05) is 7.11 Å². The Hall–Kier alpha value is -1.28. The van der Waals surface area contributed by atoms with E-state index in [4.69, 9.17) is 4.74 Å². The number of aryl methyl sites for hydroxylation is 2. The van der Waals surface area contributed by atoms with Crippen molar-refractivity contribution in [3.05, 3.63) is 52.6 Å². The van der Waals surface area contributed by atoms with Gasteiger partial charge in [-0.05, 0) is 30.5 Å². The molecular weight excluding hydrogens is 284 g/mol. The van der Waals surface area contributed by atoms with Gasteiger partial charge in [-0.3, -0.25) is 0 Å². The molecule has 0 heterocycles. The van der Waals surface area contributed by atoms with Gasteiger partial charge in [0.25, 0.3) is 0 Å². The van der Waals surface area contributed by atoms with Crippen molar-refractivity contribution in [1.29, 1.82) is 0 Å². The molecule has 1 atom stereocenters. The molecule has 0 aliphatic heterocycles. The fourth-order valence-electron chi connectivity index (χ4n) is 3.31. The monoisotopic (exact) mass is 314 g/mol. The highest BCUT2D eigenvalue weighted by molar-refractivity contribution is 6.78. The van der Waals surface area contributed by atoms with Crippen LogP contribution >= 0.6 is 0 Å². The average molecular weight is 315 g/mol. The molecule has 2 heteroatoms. The number of allylic oxidation sites excluding steroid dienone is 4. The third-order valence-electron chi connectivity index (χ3n) is 4.86. The van der Waals surface area contributed by atoms with Gasteiger partial charge in [0.05, 0.1) is 15.2 Å². The van der Waals surface area contributed by atoms with Crippen LogP contribution in [-0.4, -0.2) is 15.2 Å². The van der Waals surface area contributed by atoms with E-state index < -0.39 is 8.07 Å². The topological polar surface area (TPSA) is 9.23 Å². The second-order valence-electron chi connectivity index (χ2n) is 8.16. The van der Waals surface area contributed by atoms with Gasteiger partial charge >= 0.3 is 0 Å². The SMILES string of the molecule is COc1c(C)cc(C)cc1C(C)(C)C1=CC([Si](C)(C)C)C=C1. The van der Waals surface area contributed by atoms with Gasteiger partial charge in [0.15, 0.2) is 0 Å². The van der Waals surface area contributed by atoms with Crippen LogP contribution in [0.4, 0.5) is 0 Å². The number of ether oxygens (including phenoxy) is 1. The summed E-state index contributed by atoms with van der Waals surface area (Å²) in [4.78, 5) is 0. The second kappa shape index (κ2) is 5.73. The molecule has 1 aliphatic rings. The third kappa shape index (κ3) is 3.07. The van der Waals surface area contributed by atoms with Crippen molar-refractivity contribution in [3.63, 3.8) is 0 Å². The molecule has 1 aromatic rings. The summed E-state index contributed by atoms with van der Waals surface area (Å²) < 4.78 is 5.73. The van der Waals surface area contributed by atoms with Crippen LogP contribution in [0.25, 0.3) is 0 Å². The smallest absolute Gasteiger partial charge is 0.125 e. The van der Waals surface area contributed by atoms with E-state index >= 15 is 0 Å². The summed E-state index contributed by atoms with van der Waals surface area (Å²) in [5, 5.41) is 0. The minimum Gasteiger partial charge on any atom is -0.496 e. The summed E-state index contributed by atoms with van der Waals surface area (Å²) in [6, 6.07) is 4.48. The molecule has 0 fully saturated rings. The Morgan fingerprint density at radius 3 is 2.23 bits per heavy atom. The first kappa shape index (κ1) is 17.1. The fraction of sp³-hybridized carbons (Fsp3) is 0.500. The molecule has 1 unspecified atom stereocenters. The summed E-state index contributed by atoms with van der Waals surface area (Å²) in [5.41, 5.74) is 5.83. The number of rotatable bonds is 4. The van der Waals surface area contributed by atoms with Crippen molar-refractivity contribution >= 4 is 8.07 Å². The van der Waals surface area contributed by atoms with Crippen molar-refractivity contribution in [1.82, 2.24) is 0 Å². The summed E-state index contributed by atoms with van der Waals surface area (Å²) in [5.74, 6) is 1.03. The van der Waals surface area contributed by atoms with E-state index in [1.165, 1.54) is 22.3 Å². The van der Waals surface area contributed by atoms with E-state index in [9.17, 15) is 0 Å². The molecule has 0 spiro atoms. The lowest BCUT2D eigenvalue weighted by Gasteiger charge is -2.30. The van der Waals surface area contributed by atoms with Crippen molar-refractivity contribution < 1.29 is 4.74 Å². The van der Waals surface area contributed by atoms with Crippen LogP contribution in [-0.2, 0) is 5.41 Å². The van der Waals surface area contributed by atoms with E-state index in [-0.39, 0.29) is 5.41 Å². The standard InChI is InChI=1S/C20H30OSi/c1-14-11-15(2)19(21-5)18(12-14)20(3,4)16-9-10-17(13-16)22(6,7)8/h9-13,17H,1-8H3. The quantitative estimate of drug-likeness (QED) is 0.639. The van der Waals surface area contributed by atoms with E-state index in [2.05, 4.69) is 77.7 Å². The van der Waals surface area contributed by atoms with Crippen molar-refractivity contribution in [2.24, 2.45) is 0 Å². The largest absolute Gasteiger partial charge is 0.496 e. The highest BCUT2D eigenvalue weighted by Crippen LogP contribution is 2.44. The Labute approximate surface area is 137 Å². The molecule has 2 rings (SSSR count). The lowest BCUT2D eigenvalue weighted by atomic mass is 9.76. The van der Waals surface area contributed by atoms with Gasteiger partial charge in [0.1, 0.15) is 5.75 Å². The number of benzene rings is 1. The zero-order valence-electron chi connectivity index (χ0n) is 15.4. The molecule has 0 bridgehead atoms. The maximum Gasteiger partial charge on any atom is 0.125 e. The molecule has 1 aliphatic carbocycles. The fourth-order valence-corrected chi connectivity index (χ4v) is 4.67. The molecule has 0 saturated heterocycles. The van der Waals surface area contributed by atoms with Crippen LogP contribution in [0.1, 0.15) is 30.5 Å². The summed E-state index contributed by atoms with van der Waals surface area (Å²) in [7, 11) is 0.595. The van der Waals surface area contributed by atoms with Crippen LogP contribution in [0, 0.1) is 13.8 Å². The number of methoxy groups -OCH3 is 1. The Bertz CT molecular complexity index is 630.